The SMILES string of the molecule is CC[N+]1=C(/C=C/C=C/C=C2\N(CCCCCC(=O)CNCCNC(=O)C(C)OC(C)=O)c3ccc(S(=O)(=O)[O-])cc3C2(C)C)C(C)(C)c2cc(C)ccc21. The van der Waals surface area contributed by atoms with Crippen molar-refractivity contribution in [1.29, 1.82) is 0 Å². The zero-order chi connectivity index (χ0) is 39.8. The first-order valence-electron chi connectivity index (χ1n) is 18.8. The van der Waals surface area contributed by atoms with E-state index in [4.69, 9.17) is 4.74 Å². The van der Waals surface area contributed by atoms with E-state index in [-0.39, 0.29) is 22.6 Å². The zero-order valence-corrected chi connectivity index (χ0v) is 33.8. The minimum Gasteiger partial charge on any atom is -0.744 e. The molecule has 4 rings (SSSR count). The van der Waals surface area contributed by atoms with Crippen molar-refractivity contribution in [2.75, 3.05) is 37.6 Å². The van der Waals surface area contributed by atoms with Gasteiger partial charge in [-0.1, -0.05) is 50.1 Å². The van der Waals surface area contributed by atoms with Crippen LogP contribution in [-0.2, 0) is 40.1 Å². The van der Waals surface area contributed by atoms with Crippen molar-refractivity contribution in [3.63, 3.8) is 0 Å². The van der Waals surface area contributed by atoms with Crippen molar-refractivity contribution in [2.45, 2.75) is 103 Å². The molecule has 2 heterocycles. The van der Waals surface area contributed by atoms with E-state index in [1.54, 1.807) is 6.07 Å². The molecule has 2 aromatic rings. The Morgan fingerprint density at radius 3 is 2.39 bits per heavy atom. The van der Waals surface area contributed by atoms with Gasteiger partial charge in [0, 0.05) is 67.5 Å². The lowest BCUT2D eigenvalue weighted by Crippen LogP contribution is -2.39. The number of anilines is 1. The van der Waals surface area contributed by atoms with Crippen molar-refractivity contribution in [2.24, 2.45) is 0 Å². The summed E-state index contributed by atoms with van der Waals surface area (Å²) in [5.74, 6) is -0.839. The number of benzene rings is 2. The summed E-state index contributed by atoms with van der Waals surface area (Å²) in [5, 5.41) is 5.70. The summed E-state index contributed by atoms with van der Waals surface area (Å²) in [6, 6.07) is 11.2. The Balaban J connectivity index is 1.39. The molecule has 1 amide bonds. The van der Waals surface area contributed by atoms with E-state index < -0.39 is 33.5 Å². The molecule has 292 valence electrons. The van der Waals surface area contributed by atoms with Crippen LogP contribution in [0.25, 0.3) is 0 Å². The van der Waals surface area contributed by atoms with Crippen LogP contribution in [0.1, 0.15) is 90.8 Å². The molecular weight excluding hydrogens is 705 g/mol. The number of fused-ring (bicyclic) bond motifs is 2. The number of ketones is 1. The highest BCUT2D eigenvalue weighted by Crippen LogP contribution is 2.48. The highest BCUT2D eigenvalue weighted by molar-refractivity contribution is 7.85. The average molecular weight is 761 g/mol. The number of ether oxygens (including phenoxy) is 1. The molecule has 2 N–H and O–H groups in total. The molecule has 0 spiro atoms. The van der Waals surface area contributed by atoms with Gasteiger partial charge in [0.25, 0.3) is 5.91 Å². The monoisotopic (exact) mass is 760 g/mol. The smallest absolute Gasteiger partial charge is 0.303 e. The van der Waals surface area contributed by atoms with Crippen molar-refractivity contribution in [3.8, 4) is 0 Å². The van der Waals surface area contributed by atoms with Crippen molar-refractivity contribution < 1.29 is 36.7 Å². The number of nitrogens with one attached hydrogen (secondary N) is 2. The Morgan fingerprint density at radius 2 is 1.70 bits per heavy atom. The Bertz CT molecular complexity index is 1970. The van der Waals surface area contributed by atoms with Crippen LogP contribution >= 0.6 is 0 Å². The van der Waals surface area contributed by atoms with Crippen LogP contribution in [0, 0.1) is 6.92 Å². The fourth-order valence-corrected chi connectivity index (χ4v) is 7.84. The highest BCUT2D eigenvalue weighted by atomic mass is 32.2. The normalized spacial score (nSPS) is 17.4. The molecule has 0 bridgehead atoms. The number of carbonyl (C=O) groups excluding carboxylic acids is 3. The molecule has 11 nitrogen and oxygen atoms in total. The molecular formula is C42H56N4O7S. The van der Waals surface area contributed by atoms with Crippen LogP contribution in [0.5, 0.6) is 0 Å². The lowest BCUT2D eigenvalue weighted by atomic mass is 9.81. The molecule has 0 radical (unpaired) electrons. The number of esters is 1. The predicted molar refractivity (Wildman–Crippen MR) is 211 cm³/mol. The summed E-state index contributed by atoms with van der Waals surface area (Å²) in [4.78, 5) is 37.4. The maximum absolute atomic E-state index is 12.5. The summed E-state index contributed by atoms with van der Waals surface area (Å²) in [5.41, 5.74) is 6.97. The first-order valence-corrected chi connectivity index (χ1v) is 20.2. The van der Waals surface area contributed by atoms with E-state index in [0.717, 1.165) is 36.3 Å². The quantitative estimate of drug-likeness (QED) is 0.0626. The van der Waals surface area contributed by atoms with Gasteiger partial charge < -0.3 is 24.8 Å². The molecule has 12 heteroatoms. The van der Waals surface area contributed by atoms with Gasteiger partial charge in [-0.2, -0.15) is 4.58 Å². The second-order valence-corrected chi connectivity index (χ2v) is 16.4. The topological polar surface area (TPSA) is 148 Å². The van der Waals surface area contributed by atoms with Crippen LogP contribution in [-0.4, -0.2) is 79.7 Å². The number of amides is 1. The summed E-state index contributed by atoms with van der Waals surface area (Å²) in [6.07, 6.45) is 12.2. The maximum atomic E-state index is 12.5. The number of Topliss-reactive ketones (excluding diaryl/α,β-unsaturated/α-hetero) is 1. The second-order valence-electron chi connectivity index (χ2n) is 15.0. The standard InChI is InChI=1S/C42H56N4O7S/c1-9-45-36-21-19-29(2)26-34(36)41(5,6)38(45)17-13-10-14-18-39-42(7,8)35-27-33(54(50,51)52)20-22-37(35)46(39)25-15-11-12-16-32(48)28-43-23-24-44-40(49)30(3)53-31(4)47/h10,13-14,17-22,26-27,30,43H,9,11-12,15-16,23-25,28H2,1-8H3,(H-,44,49,50,51,52). The minimum absolute atomic E-state index is 0.0765. The highest BCUT2D eigenvalue weighted by Gasteiger charge is 2.44. The fraction of sp³-hybridized carbons (Fsp3) is 0.476. The summed E-state index contributed by atoms with van der Waals surface area (Å²) >= 11 is 0. The Hall–Kier alpha value is -4.39. The second kappa shape index (κ2) is 17.8. The van der Waals surface area contributed by atoms with E-state index in [1.807, 2.05) is 26.0 Å². The minimum atomic E-state index is -4.62. The number of unbranched alkanes of at least 4 members (excludes halogenated alkanes) is 2. The van der Waals surface area contributed by atoms with Gasteiger partial charge in [-0.15, -0.1) is 0 Å². The molecule has 1 unspecified atom stereocenters. The first kappa shape index (κ1) is 42.4. The van der Waals surface area contributed by atoms with E-state index >= 15 is 0 Å². The Morgan fingerprint density at radius 1 is 0.963 bits per heavy atom. The molecule has 0 aliphatic carbocycles. The van der Waals surface area contributed by atoms with Gasteiger partial charge in [0.2, 0.25) is 5.69 Å². The molecule has 0 aromatic heterocycles. The van der Waals surface area contributed by atoms with Crippen LogP contribution in [0.4, 0.5) is 11.4 Å². The van der Waals surface area contributed by atoms with Crippen molar-refractivity contribution in [1.82, 2.24) is 10.6 Å². The third-order valence-corrected chi connectivity index (χ3v) is 11.0. The van der Waals surface area contributed by atoms with Gasteiger partial charge in [-0.05, 0) is 83.4 Å². The van der Waals surface area contributed by atoms with E-state index in [2.05, 4.69) is 84.2 Å². The van der Waals surface area contributed by atoms with Crippen LogP contribution < -0.4 is 15.5 Å². The zero-order valence-electron chi connectivity index (χ0n) is 33.0. The Labute approximate surface area is 321 Å². The van der Waals surface area contributed by atoms with E-state index in [0.29, 0.717) is 32.5 Å². The molecule has 0 saturated heterocycles. The third kappa shape index (κ3) is 10.0. The number of aryl methyl sites for hydroxylation is 1. The van der Waals surface area contributed by atoms with Crippen molar-refractivity contribution >= 4 is 44.9 Å². The van der Waals surface area contributed by atoms with Gasteiger partial charge in [-0.25, -0.2) is 8.42 Å². The molecule has 2 aliphatic rings. The van der Waals surface area contributed by atoms with Gasteiger partial charge >= 0.3 is 5.97 Å². The third-order valence-electron chi connectivity index (χ3n) is 10.2. The molecule has 0 saturated carbocycles. The lowest BCUT2D eigenvalue weighted by Gasteiger charge is -2.27. The number of hydrogen-bond donors (Lipinski definition) is 2. The molecule has 2 aliphatic heterocycles. The average Bonchev–Trinajstić information content (AvgIpc) is 3.44. The number of hydrogen-bond acceptors (Lipinski definition) is 9. The fourth-order valence-electron chi connectivity index (χ4n) is 7.34. The number of nitrogens with zero attached hydrogens (tertiary/aromatic N) is 2. The molecule has 1 atom stereocenters. The number of allylic oxidation sites excluding steroid dienone is 6. The van der Waals surface area contributed by atoms with Gasteiger partial charge in [0.1, 0.15) is 22.4 Å². The predicted octanol–water partition coefficient (Wildman–Crippen LogP) is 5.88. The van der Waals surface area contributed by atoms with Gasteiger partial charge in [0.05, 0.1) is 16.9 Å². The van der Waals surface area contributed by atoms with Crippen LogP contribution in [0.2, 0.25) is 0 Å². The van der Waals surface area contributed by atoms with Crippen LogP contribution in [0.3, 0.4) is 0 Å². The lowest BCUT2D eigenvalue weighted by molar-refractivity contribution is -0.433. The molecule has 2 aromatic carbocycles. The number of rotatable bonds is 18. The Kier molecular flexibility index (Phi) is 14.0. The largest absolute Gasteiger partial charge is 0.744 e. The summed E-state index contributed by atoms with van der Waals surface area (Å²) in [6.45, 7) is 18.0. The maximum Gasteiger partial charge on any atom is 0.303 e. The van der Waals surface area contributed by atoms with Gasteiger partial charge in [-0.3, -0.25) is 14.4 Å². The summed E-state index contributed by atoms with van der Waals surface area (Å²) in [7, 11) is -4.62. The van der Waals surface area contributed by atoms with Crippen molar-refractivity contribution in [3.05, 3.63) is 89.2 Å². The van der Waals surface area contributed by atoms with E-state index in [1.165, 1.54) is 48.5 Å². The summed E-state index contributed by atoms with van der Waals surface area (Å²) < 4.78 is 43.1. The van der Waals surface area contributed by atoms with E-state index in [9.17, 15) is 27.4 Å². The van der Waals surface area contributed by atoms with Gasteiger partial charge in [0.15, 0.2) is 11.8 Å². The first-order chi connectivity index (χ1) is 25.4. The molecule has 0 fully saturated rings. The molecule has 54 heavy (non-hydrogen) atoms. The van der Waals surface area contributed by atoms with Crippen LogP contribution in [0.15, 0.2) is 77.4 Å². The number of carbonyl (C=O) groups is 3.